The van der Waals surface area contributed by atoms with Crippen LogP contribution in [0.1, 0.15) is 21.9 Å². The first-order valence-electron chi connectivity index (χ1n) is 9.82. The number of furan rings is 1. The van der Waals surface area contributed by atoms with Gasteiger partial charge in [-0.3, -0.25) is 9.69 Å². The molecule has 0 radical (unpaired) electrons. The molecule has 4 rings (SSSR count). The maximum atomic E-state index is 13.7. The van der Waals surface area contributed by atoms with E-state index in [1.807, 2.05) is 12.1 Å². The minimum atomic E-state index is -0.339. The highest BCUT2D eigenvalue weighted by molar-refractivity contribution is 5.91. The van der Waals surface area contributed by atoms with Gasteiger partial charge in [-0.1, -0.05) is 36.4 Å². The molecule has 1 saturated heterocycles. The average molecular weight is 393 g/mol. The molecule has 2 heterocycles. The van der Waals surface area contributed by atoms with Gasteiger partial charge in [0.15, 0.2) is 5.76 Å². The fourth-order valence-electron chi connectivity index (χ4n) is 3.51. The number of piperazine rings is 1. The number of carbonyl (C=O) groups is 1. The monoisotopic (exact) mass is 393 g/mol. The van der Waals surface area contributed by atoms with Gasteiger partial charge in [-0.2, -0.15) is 0 Å². The maximum absolute atomic E-state index is 13.7. The van der Waals surface area contributed by atoms with Crippen LogP contribution in [0.5, 0.6) is 0 Å². The van der Waals surface area contributed by atoms with Crippen LogP contribution in [-0.4, -0.2) is 37.0 Å². The first kappa shape index (κ1) is 19.2. The Hall–Kier alpha value is -3.12. The van der Waals surface area contributed by atoms with Crippen LogP contribution in [0.4, 0.5) is 10.1 Å². The van der Waals surface area contributed by atoms with E-state index in [4.69, 9.17) is 4.42 Å². The van der Waals surface area contributed by atoms with Crippen molar-refractivity contribution in [2.75, 3.05) is 31.1 Å². The Morgan fingerprint density at radius 2 is 1.66 bits per heavy atom. The van der Waals surface area contributed by atoms with Gasteiger partial charge < -0.3 is 14.6 Å². The summed E-state index contributed by atoms with van der Waals surface area (Å²) in [4.78, 5) is 17.0. The van der Waals surface area contributed by atoms with Gasteiger partial charge >= 0.3 is 0 Å². The van der Waals surface area contributed by atoms with E-state index < -0.39 is 0 Å². The van der Waals surface area contributed by atoms with Gasteiger partial charge in [0.05, 0.1) is 6.54 Å². The molecular formula is C23H24FN3O2. The largest absolute Gasteiger partial charge is 0.455 e. The summed E-state index contributed by atoms with van der Waals surface area (Å²) >= 11 is 0. The number of hydrogen-bond acceptors (Lipinski definition) is 4. The van der Waals surface area contributed by atoms with Crippen molar-refractivity contribution in [3.63, 3.8) is 0 Å². The molecule has 0 aliphatic carbocycles. The molecule has 1 amide bonds. The quantitative estimate of drug-likeness (QED) is 0.694. The Morgan fingerprint density at radius 1 is 0.931 bits per heavy atom. The Balaban J connectivity index is 1.27. The van der Waals surface area contributed by atoms with Gasteiger partial charge in [0.1, 0.15) is 11.6 Å². The molecule has 0 bridgehead atoms. The number of anilines is 1. The highest BCUT2D eigenvalue weighted by Gasteiger charge is 2.19. The predicted molar refractivity (Wildman–Crippen MR) is 110 cm³/mol. The molecule has 1 N–H and O–H groups in total. The van der Waals surface area contributed by atoms with Crippen LogP contribution in [0.25, 0.3) is 0 Å². The second kappa shape index (κ2) is 8.92. The number of nitrogens with one attached hydrogen (secondary N) is 1. The average Bonchev–Trinajstić information content (AvgIpc) is 3.23. The zero-order chi connectivity index (χ0) is 20.1. The normalized spacial score (nSPS) is 14.7. The van der Waals surface area contributed by atoms with Crippen molar-refractivity contribution >= 4 is 11.6 Å². The second-order valence-corrected chi connectivity index (χ2v) is 7.14. The number of nitrogens with zero attached hydrogens (tertiary/aromatic N) is 2. The van der Waals surface area contributed by atoms with Gasteiger partial charge in [-0.15, -0.1) is 0 Å². The molecule has 0 spiro atoms. The Bertz CT molecular complexity index is 950. The van der Waals surface area contributed by atoms with Gasteiger partial charge in [0, 0.05) is 44.0 Å². The second-order valence-electron chi connectivity index (χ2n) is 7.14. The number of hydrogen-bond donors (Lipinski definition) is 1. The SMILES string of the molecule is O=C(NCc1ccccc1F)c1ccc(CN2CCN(c3ccccc3)CC2)o1. The van der Waals surface area contributed by atoms with Crippen molar-refractivity contribution in [3.05, 3.63) is 89.6 Å². The fourth-order valence-corrected chi connectivity index (χ4v) is 3.51. The molecule has 1 aliphatic rings. The molecule has 2 aromatic carbocycles. The van der Waals surface area contributed by atoms with Crippen LogP contribution in [0.3, 0.4) is 0 Å². The number of amides is 1. The zero-order valence-corrected chi connectivity index (χ0v) is 16.2. The van der Waals surface area contributed by atoms with Crippen LogP contribution >= 0.6 is 0 Å². The number of rotatable bonds is 6. The number of halogens is 1. The molecule has 5 nitrogen and oxygen atoms in total. The van der Waals surface area contributed by atoms with Crippen molar-refractivity contribution in [3.8, 4) is 0 Å². The Morgan fingerprint density at radius 3 is 2.41 bits per heavy atom. The summed E-state index contributed by atoms with van der Waals surface area (Å²) in [7, 11) is 0. The summed E-state index contributed by atoms with van der Waals surface area (Å²) in [6, 6.07) is 20.3. The van der Waals surface area contributed by atoms with E-state index >= 15 is 0 Å². The van der Waals surface area contributed by atoms with Crippen molar-refractivity contribution in [2.45, 2.75) is 13.1 Å². The first-order valence-corrected chi connectivity index (χ1v) is 9.82. The Kier molecular flexibility index (Phi) is 5.91. The molecule has 3 aromatic rings. The topological polar surface area (TPSA) is 48.7 Å². The van der Waals surface area contributed by atoms with Gasteiger partial charge in [-0.05, 0) is 30.3 Å². The lowest BCUT2D eigenvalue weighted by molar-refractivity contribution is 0.0918. The molecule has 1 fully saturated rings. The van der Waals surface area contributed by atoms with E-state index in [0.29, 0.717) is 12.1 Å². The molecule has 150 valence electrons. The highest BCUT2D eigenvalue weighted by atomic mass is 19.1. The van der Waals surface area contributed by atoms with Gasteiger partial charge in [-0.25, -0.2) is 4.39 Å². The maximum Gasteiger partial charge on any atom is 0.287 e. The van der Waals surface area contributed by atoms with Crippen molar-refractivity contribution in [2.24, 2.45) is 0 Å². The molecule has 1 aromatic heterocycles. The molecule has 1 aliphatic heterocycles. The van der Waals surface area contributed by atoms with Crippen LogP contribution in [0.2, 0.25) is 0 Å². The van der Waals surface area contributed by atoms with Crippen LogP contribution in [-0.2, 0) is 13.1 Å². The lowest BCUT2D eigenvalue weighted by Crippen LogP contribution is -2.45. The zero-order valence-electron chi connectivity index (χ0n) is 16.2. The van der Waals surface area contributed by atoms with Crippen molar-refractivity contribution in [1.82, 2.24) is 10.2 Å². The van der Waals surface area contributed by atoms with Gasteiger partial charge in [0.25, 0.3) is 5.91 Å². The van der Waals surface area contributed by atoms with Gasteiger partial charge in [0.2, 0.25) is 0 Å². The lowest BCUT2D eigenvalue weighted by Gasteiger charge is -2.35. The molecule has 0 unspecified atom stereocenters. The van der Waals surface area contributed by atoms with E-state index in [0.717, 1.165) is 31.9 Å². The third kappa shape index (κ3) is 4.84. The van der Waals surface area contributed by atoms with E-state index in [2.05, 4.69) is 39.4 Å². The fraction of sp³-hybridized carbons (Fsp3) is 0.261. The number of benzene rings is 2. The molecule has 6 heteroatoms. The number of carbonyl (C=O) groups excluding carboxylic acids is 1. The van der Waals surface area contributed by atoms with E-state index in [1.54, 1.807) is 24.3 Å². The first-order chi connectivity index (χ1) is 14.2. The van der Waals surface area contributed by atoms with E-state index in [1.165, 1.54) is 11.8 Å². The summed E-state index contributed by atoms with van der Waals surface area (Å²) in [6.45, 7) is 4.59. The van der Waals surface area contributed by atoms with Crippen molar-refractivity contribution in [1.29, 1.82) is 0 Å². The molecule has 29 heavy (non-hydrogen) atoms. The lowest BCUT2D eigenvalue weighted by atomic mass is 10.2. The van der Waals surface area contributed by atoms with Crippen molar-refractivity contribution < 1.29 is 13.6 Å². The summed E-state index contributed by atoms with van der Waals surface area (Å²) < 4.78 is 19.4. The smallest absolute Gasteiger partial charge is 0.287 e. The molecular weight excluding hydrogens is 369 g/mol. The predicted octanol–water partition coefficient (Wildman–Crippen LogP) is 3.67. The Labute approximate surface area is 169 Å². The summed E-state index contributed by atoms with van der Waals surface area (Å²) in [5.74, 6) is 0.337. The standard InChI is InChI=1S/C23H24FN3O2/c24-21-9-5-4-6-18(21)16-25-23(28)22-11-10-20(29-22)17-26-12-14-27(15-13-26)19-7-2-1-3-8-19/h1-11H,12-17H2,(H,25,28). The minimum absolute atomic E-state index is 0.128. The van der Waals surface area contributed by atoms with Crippen LogP contribution in [0.15, 0.2) is 71.1 Å². The number of para-hydroxylation sites is 1. The minimum Gasteiger partial charge on any atom is -0.455 e. The summed E-state index contributed by atoms with van der Waals surface area (Å²) in [6.07, 6.45) is 0. The van der Waals surface area contributed by atoms with E-state index in [9.17, 15) is 9.18 Å². The highest BCUT2D eigenvalue weighted by Crippen LogP contribution is 2.18. The third-order valence-corrected chi connectivity index (χ3v) is 5.16. The summed E-state index contributed by atoms with van der Waals surface area (Å²) in [5, 5.41) is 2.70. The van der Waals surface area contributed by atoms with E-state index in [-0.39, 0.29) is 24.0 Å². The summed E-state index contributed by atoms with van der Waals surface area (Å²) in [5.41, 5.74) is 1.70. The third-order valence-electron chi connectivity index (χ3n) is 5.16. The molecule has 0 saturated carbocycles. The van der Waals surface area contributed by atoms with Crippen LogP contribution < -0.4 is 10.2 Å². The molecule has 0 atom stereocenters. The van der Waals surface area contributed by atoms with Crippen LogP contribution in [0, 0.1) is 5.82 Å².